The maximum atomic E-state index is 11.3. The van der Waals surface area contributed by atoms with Crippen LogP contribution in [0.1, 0.15) is 13.8 Å². The fourth-order valence-corrected chi connectivity index (χ4v) is 2.11. The Balaban J connectivity index is 2.47. The molecular formula is C8H12N2O2S2. The third-order valence-electron chi connectivity index (χ3n) is 1.59. The molecule has 0 unspecified atom stereocenters. The predicted octanol–water partition coefficient (Wildman–Crippen LogP) is 0.371. The van der Waals surface area contributed by atoms with E-state index in [9.17, 15) is 9.59 Å². The number of rotatable bonds is 3. The van der Waals surface area contributed by atoms with Crippen molar-refractivity contribution in [3.05, 3.63) is 0 Å². The van der Waals surface area contributed by atoms with E-state index < -0.39 is 0 Å². The van der Waals surface area contributed by atoms with E-state index in [0.717, 1.165) is 0 Å². The lowest BCUT2D eigenvalue weighted by atomic mass is 10.4. The van der Waals surface area contributed by atoms with Crippen LogP contribution in [0.5, 0.6) is 0 Å². The third-order valence-corrected chi connectivity index (χ3v) is 3.02. The third kappa shape index (κ3) is 2.95. The zero-order valence-corrected chi connectivity index (χ0v) is 9.70. The van der Waals surface area contributed by atoms with Crippen LogP contribution in [0.4, 0.5) is 0 Å². The van der Waals surface area contributed by atoms with Crippen molar-refractivity contribution in [2.24, 2.45) is 0 Å². The first-order chi connectivity index (χ1) is 6.50. The Bertz CT molecular complexity index is 263. The number of nitrogens with one attached hydrogen (secondary N) is 1. The van der Waals surface area contributed by atoms with Gasteiger partial charge in [-0.2, -0.15) is 0 Å². The van der Waals surface area contributed by atoms with Gasteiger partial charge in [0.25, 0.3) is 0 Å². The number of amides is 2. The fraction of sp³-hybridized carbons (Fsp3) is 0.625. The van der Waals surface area contributed by atoms with E-state index in [0.29, 0.717) is 10.1 Å². The van der Waals surface area contributed by atoms with Gasteiger partial charge in [-0.05, 0) is 13.8 Å². The minimum Gasteiger partial charge on any atom is -0.352 e. The van der Waals surface area contributed by atoms with E-state index in [1.54, 1.807) is 0 Å². The summed E-state index contributed by atoms with van der Waals surface area (Å²) < 4.78 is 0.494. The van der Waals surface area contributed by atoms with E-state index in [1.165, 1.54) is 16.7 Å². The molecule has 1 aliphatic rings. The van der Waals surface area contributed by atoms with Crippen molar-refractivity contribution in [1.29, 1.82) is 0 Å². The molecule has 1 fully saturated rings. The zero-order chi connectivity index (χ0) is 10.7. The number of thiocarbonyl (C=S) groups is 1. The summed E-state index contributed by atoms with van der Waals surface area (Å²) in [6.07, 6.45) is 0. The average molecular weight is 232 g/mol. The van der Waals surface area contributed by atoms with Crippen LogP contribution in [-0.2, 0) is 9.59 Å². The largest absolute Gasteiger partial charge is 0.352 e. The molecular weight excluding hydrogens is 220 g/mol. The quantitative estimate of drug-likeness (QED) is 0.714. The van der Waals surface area contributed by atoms with Gasteiger partial charge in [-0.15, -0.1) is 0 Å². The highest BCUT2D eigenvalue weighted by atomic mass is 32.2. The zero-order valence-electron chi connectivity index (χ0n) is 8.07. The van der Waals surface area contributed by atoms with Gasteiger partial charge in [0.15, 0.2) is 0 Å². The second-order valence-corrected chi connectivity index (χ2v) is 4.87. The number of thioether (sulfide) groups is 1. The van der Waals surface area contributed by atoms with Crippen LogP contribution >= 0.6 is 24.0 Å². The van der Waals surface area contributed by atoms with Crippen molar-refractivity contribution in [3.8, 4) is 0 Å². The molecule has 0 aromatic carbocycles. The van der Waals surface area contributed by atoms with Crippen LogP contribution in [0.15, 0.2) is 0 Å². The summed E-state index contributed by atoms with van der Waals surface area (Å²) in [6.45, 7) is 3.79. The van der Waals surface area contributed by atoms with Crippen LogP contribution < -0.4 is 5.32 Å². The smallest absolute Gasteiger partial charge is 0.240 e. The highest BCUT2D eigenvalue weighted by molar-refractivity contribution is 8.23. The van der Waals surface area contributed by atoms with Gasteiger partial charge < -0.3 is 5.32 Å². The molecule has 78 valence electrons. The Kier molecular flexibility index (Phi) is 3.88. The lowest BCUT2D eigenvalue weighted by molar-refractivity contribution is -0.130. The summed E-state index contributed by atoms with van der Waals surface area (Å²) in [6, 6.07) is 0.0847. The Morgan fingerprint density at radius 2 is 2.36 bits per heavy atom. The predicted molar refractivity (Wildman–Crippen MR) is 60.0 cm³/mol. The fourth-order valence-electron chi connectivity index (χ4n) is 1.05. The Labute approximate surface area is 92.4 Å². The molecule has 1 N–H and O–H groups in total. The van der Waals surface area contributed by atoms with Gasteiger partial charge in [0.05, 0.1) is 5.75 Å². The Morgan fingerprint density at radius 1 is 1.71 bits per heavy atom. The first kappa shape index (κ1) is 11.5. The normalized spacial score (nSPS) is 16.6. The SMILES string of the molecule is CC(C)NC(=O)CN1C(=O)CSC1=S. The van der Waals surface area contributed by atoms with Crippen molar-refractivity contribution in [2.75, 3.05) is 12.3 Å². The molecule has 1 aliphatic heterocycles. The first-order valence-corrected chi connectivity index (χ1v) is 5.66. The first-order valence-electron chi connectivity index (χ1n) is 4.27. The van der Waals surface area contributed by atoms with E-state index >= 15 is 0 Å². The van der Waals surface area contributed by atoms with E-state index in [1.807, 2.05) is 13.8 Å². The van der Waals surface area contributed by atoms with Crippen LogP contribution in [0.2, 0.25) is 0 Å². The summed E-state index contributed by atoms with van der Waals surface area (Å²) in [5.74, 6) is 0.102. The van der Waals surface area contributed by atoms with Crippen molar-refractivity contribution >= 4 is 40.1 Å². The van der Waals surface area contributed by atoms with E-state index in [2.05, 4.69) is 5.32 Å². The number of carbonyl (C=O) groups excluding carboxylic acids is 2. The monoisotopic (exact) mass is 232 g/mol. The van der Waals surface area contributed by atoms with Crippen LogP contribution in [-0.4, -0.2) is 39.4 Å². The van der Waals surface area contributed by atoms with Crippen LogP contribution in [0.3, 0.4) is 0 Å². The number of nitrogens with zero attached hydrogens (tertiary/aromatic N) is 1. The molecule has 1 saturated heterocycles. The van der Waals surface area contributed by atoms with Crippen molar-refractivity contribution in [3.63, 3.8) is 0 Å². The number of carbonyl (C=O) groups is 2. The van der Waals surface area contributed by atoms with Gasteiger partial charge in [0, 0.05) is 6.04 Å². The topological polar surface area (TPSA) is 49.4 Å². The van der Waals surface area contributed by atoms with E-state index in [-0.39, 0.29) is 24.4 Å². The minimum atomic E-state index is -0.168. The summed E-state index contributed by atoms with van der Waals surface area (Å²) in [7, 11) is 0. The summed E-state index contributed by atoms with van der Waals surface area (Å²) >= 11 is 6.24. The lowest BCUT2D eigenvalue weighted by Gasteiger charge is -2.15. The van der Waals surface area contributed by atoms with E-state index in [4.69, 9.17) is 12.2 Å². The highest BCUT2D eigenvalue weighted by Crippen LogP contribution is 2.18. The van der Waals surface area contributed by atoms with Crippen molar-refractivity contribution in [2.45, 2.75) is 19.9 Å². The molecule has 1 heterocycles. The molecule has 0 radical (unpaired) electrons. The maximum Gasteiger partial charge on any atom is 0.240 e. The molecule has 0 aromatic rings. The summed E-state index contributed by atoms with van der Waals surface area (Å²) in [5.41, 5.74) is 0. The lowest BCUT2D eigenvalue weighted by Crippen LogP contribution is -2.41. The second kappa shape index (κ2) is 4.75. The van der Waals surface area contributed by atoms with Crippen molar-refractivity contribution < 1.29 is 9.59 Å². The highest BCUT2D eigenvalue weighted by Gasteiger charge is 2.28. The van der Waals surface area contributed by atoms with Crippen LogP contribution in [0.25, 0.3) is 0 Å². The maximum absolute atomic E-state index is 11.3. The van der Waals surface area contributed by atoms with Crippen molar-refractivity contribution in [1.82, 2.24) is 10.2 Å². The second-order valence-electron chi connectivity index (χ2n) is 3.26. The van der Waals surface area contributed by atoms with Gasteiger partial charge in [0.1, 0.15) is 10.9 Å². The number of hydrogen-bond donors (Lipinski definition) is 1. The minimum absolute atomic E-state index is 0.0445. The van der Waals surface area contributed by atoms with Gasteiger partial charge in [0.2, 0.25) is 11.8 Å². The molecule has 4 nitrogen and oxygen atoms in total. The molecule has 0 spiro atoms. The van der Waals surface area contributed by atoms with Crippen LogP contribution in [0, 0.1) is 0 Å². The standard InChI is InChI=1S/C8H12N2O2S2/c1-5(2)9-6(11)3-10-7(12)4-14-8(10)13/h5H,3-4H2,1-2H3,(H,9,11). The molecule has 0 aliphatic carbocycles. The molecule has 6 heteroatoms. The summed E-state index contributed by atoms with van der Waals surface area (Å²) in [5, 5.41) is 2.71. The van der Waals surface area contributed by atoms with Gasteiger partial charge >= 0.3 is 0 Å². The molecule has 0 bridgehead atoms. The van der Waals surface area contributed by atoms with Gasteiger partial charge in [-0.1, -0.05) is 24.0 Å². The molecule has 1 rings (SSSR count). The summed E-state index contributed by atoms with van der Waals surface area (Å²) in [4.78, 5) is 23.9. The van der Waals surface area contributed by atoms with Gasteiger partial charge in [-0.3, -0.25) is 14.5 Å². The average Bonchev–Trinajstić information content (AvgIpc) is 2.34. The molecule has 0 saturated carbocycles. The molecule has 0 atom stereocenters. The number of hydrogen-bond acceptors (Lipinski definition) is 4. The molecule has 2 amide bonds. The Hall–Kier alpha value is -0.620. The molecule has 14 heavy (non-hydrogen) atoms. The molecule has 0 aromatic heterocycles. The Morgan fingerprint density at radius 3 is 2.79 bits per heavy atom. The van der Waals surface area contributed by atoms with Gasteiger partial charge in [-0.25, -0.2) is 0 Å².